The molecule has 0 aliphatic carbocycles. The van der Waals surface area contributed by atoms with Crippen molar-refractivity contribution in [3.8, 4) is 17.0 Å². The van der Waals surface area contributed by atoms with E-state index in [-0.39, 0.29) is 5.69 Å². The van der Waals surface area contributed by atoms with Crippen molar-refractivity contribution in [1.82, 2.24) is 15.0 Å². The monoisotopic (exact) mass is 401 g/mol. The molecule has 3 aromatic carbocycles. The molecule has 150 valence electrons. The Labute approximate surface area is 172 Å². The van der Waals surface area contributed by atoms with E-state index in [0.717, 1.165) is 16.9 Å². The van der Waals surface area contributed by atoms with Gasteiger partial charge in [-0.05, 0) is 29.8 Å². The van der Waals surface area contributed by atoms with Crippen LogP contribution < -0.4 is 10.1 Å². The first kappa shape index (κ1) is 19.1. The minimum Gasteiger partial charge on any atom is -0.497 e. The number of methoxy groups -OCH3 is 1. The Morgan fingerprint density at radius 2 is 1.70 bits per heavy atom. The average Bonchev–Trinajstić information content (AvgIpc) is 3.17. The van der Waals surface area contributed by atoms with Crippen molar-refractivity contribution in [2.75, 3.05) is 12.4 Å². The number of nitrogens with one attached hydrogen (secondary N) is 1. The molecular formula is C22H19N5O3. The average molecular weight is 401 g/mol. The van der Waals surface area contributed by atoms with E-state index in [1.807, 2.05) is 54.6 Å². The summed E-state index contributed by atoms with van der Waals surface area (Å²) in [6.07, 6.45) is 0. The van der Waals surface area contributed by atoms with Gasteiger partial charge in [0.25, 0.3) is 5.69 Å². The summed E-state index contributed by atoms with van der Waals surface area (Å²) in [6.45, 7) is 0.499. The Morgan fingerprint density at radius 3 is 2.33 bits per heavy atom. The topological polar surface area (TPSA) is 95.1 Å². The second-order valence-corrected chi connectivity index (χ2v) is 6.59. The highest BCUT2D eigenvalue weighted by Gasteiger charge is 2.16. The van der Waals surface area contributed by atoms with Crippen molar-refractivity contribution >= 4 is 17.2 Å². The fourth-order valence-electron chi connectivity index (χ4n) is 3.04. The molecule has 0 radical (unpaired) electrons. The quantitative estimate of drug-likeness (QED) is 0.358. The second kappa shape index (κ2) is 8.44. The van der Waals surface area contributed by atoms with E-state index >= 15 is 0 Å². The summed E-state index contributed by atoms with van der Waals surface area (Å²) in [5.74, 6) is 1.48. The van der Waals surface area contributed by atoms with Crippen molar-refractivity contribution in [3.05, 3.63) is 94.5 Å². The number of nitro groups is 1. The van der Waals surface area contributed by atoms with Crippen LogP contribution in [0.15, 0.2) is 78.9 Å². The third kappa shape index (κ3) is 4.12. The zero-order chi connectivity index (χ0) is 20.9. The van der Waals surface area contributed by atoms with Crippen LogP contribution >= 0.6 is 0 Å². The van der Waals surface area contributed by atoms with Gasteiger partial charge < -0.3 is 10.1 Å². The van der Waals surface area contributed by atoms with Crippen molar-refractivity contribution in [1.29, 1.82) is 0 Å². The molecule has 0 amide bonds. The molecule has 1 aromatic heterocycles. The lowest BCUT2D eigenvalue weighted by Gasteiger charge is -2.11. The van der Waals surface area contributed by atoms with Gasteiger partial charge >= 0.3 is 0 Å². The molecule has 1 heterocycles. The van der Waals surface area contributed by atoms with Gasteiger partial charge in [0.2, 0.25) is 0 Å². The van der Waals surface area contributed by atoms with Crippen LogP contribution in [0.4, 0.5) is 17.2 Å². The molecular weight excluding hydrogens is 382 g/mol. The highest BCUT2D eigenvalue weighted by molar-refractivity contribution is 5.75. The fourth-order valence-corrected chi connectivity index (χ4v) is 3.04. The Balaban J connectivity index is 1.69. The summed E-state index contributed by atoms with van der Waals surface area (Å²) in [4.78, 5) is 10.5. The summed E-state index contributed by atoms with van der Waals surface area (Å²) in [5.41, 5.74) is 3.39. The van der Waals surface area contributed by atoms with Gasteiger partial charge in [-0.25, -0.2) is 4.68 Å². The standard InChI is InChI=1S/C22H19N5O3/c1-30-20-13-7-16(8-14-20)15-26-22(21(24-25-26)17-5-3-2-4-6-17)23-18-9-11-19(12-10-18)27(28)29/h2-14,23H,15H2,1H3. The van der Waals surface area contributed by atoms with E-state index in [2.05, 4.69) is 15.6 Å². The predicted molar refractivity (Wildman–Crippen MR) is 114 cm³/mol. The van der Waals surface area contributed by atoms with Crippen molar-refractivity contribution in [2.45, 2.75) is 6.54 Å². The first-order valence-corrected chi connectivity index (χ1v) is 9.27. The molecule has 4 aromatic rings. The smallest absolute Gasteiger partial charge is 0.269 e. The minimum absolute atomic E-state index is 0.0358. The predicted octanol–water partition coefficient (Wildman–Crippen LogP) is 4.65. The molecule has 30 heavy (non-hydrogen) atoms. The number of rotatable bonds is 7. The summed E-state index contributed by atoms with van der Waals surface area (Å²) >= 11 is 0. The third-order valence-electron chi connectivity index (χ3n) is 4.61. The van der Waals surface area contributed by atoms with Crippen molar-refractivity contribution < 1.29 is 9.66 Å². The molecule has 8 heteroatoms. The van der Waals surface area contributed by atoms with Crippen LogP contribution in [0.25, 0.3) is 11.3 Å². The number of aromatic nitrogens is 3. The van der Waals surface area contributed by atoms with Crippen LogP contribution in [0.2, 0.25) is 0 Å². The normalized spacial score (nSPS) is 10.6. The van der Waals surface area contributed by atoms with E-state index < -0.39 is 4.92 Å². The Bertz CT molecular complexity index is 1140. The lowest BCUT2D eigenvalue weighted by molar-refractivity contribution is -0.384. The molecule has 0 saturated carbocycles. The van der Waals surface area contributed by atoms with Crippen LogP contribution in [0, 0.1) is 10.1 Å². The third-order valence-corrected chi connectivity index (χ3v) is 4.61. The van der Waals surface area contributed by atoms with E-state index in [0.29, 0.717) is 23.7 Å². The van der Waals surface area contributed by atoms with Gasteiger partial charge in [0.15, 0.2) is 5.82 Å². The molecule has 4 rings (SSSR count). The van der Waals surface area contributed by atoms with Crippen molar-refractivity contribution in [2.24, 2.45) is 0 Å². The van der Waals surface area contributed by atoms with Gasteiger partial charge in [-0.3, -0.25) is 10.1 Å². The number of anilines is 2. The SMILES string of the molecule is COc1ccc(Cn2nnc(-c3ccccc3)c2Nc2ccc([N+](=O)[O-])cc2)cc1. The van der Waals surface area contributed by atoms with Crippen LogP contribution in [-0.4, -0.2) is 27.0 Å². The summed E-state index contributed by atoms with van der Waals surface area (Å²) in [5, 5.41) is 23.0. The number of hydrogen-bond donors (Lipinski definition) is 1. The summed E-state index contributed by atoms with van der Waals surface area (Å²) in [7, 11) is 1.63. The van der Waals surface area contributed by atoms with Crippen LogP contribution in [0.3, 0.4) is 0 Å². The Kier molecular flexibility index (Phi) is 5.38. The zero-order valence-electron chi connectivity index (χ0n) is 16.2. The molecule has 0 spiro atoms. The highest BCUT2D eigenvalue weighted by atomic mass is 16.6. The van der Waals surface area contributed by atoms with Gasteiger partial charge in [-0.1, -0.05) is 47.7 Å². The maximum Gasteiger partial charge on any atom is 0.269 e. The number of nitrogens with zero attached hydrogens (tertiary/aromatic N) is 4. The molecule has 0 atom stereocenters. The van der Waals surface area contributed by atoms with E-state index in [1.165, 1.54) is 12.1 Å². The summed E-state index contributed by atoms with van der Waals surface area (Å²) in [6, 6.07) is 23.7. The Morgan fingerprint density at radius 1 is 1.00 bits per heavy atom. The van der Waals surface area contributed by atoms with Gasteiger partial charge in [-0.2, -0.15) is 0 Å². The van der Waals surface area contributed by atoms with E-state index in [9.17, 15) is 10.1 Å². The highest BCUT2D eigenvalue weighted by Crippen LogP contribution is 2.29. The number of non-ortho nitro benzene ring substituents is 1. The number of benzene rings is 3. The molecule has 0 fully saturated rings. The summed E-state index contributed by atoms with van der Waals surface area (Å²) < 4.78 is 6.98. The first-order chi connectivity index (χ1) is 14.6. The molecule has 0 aliphatic heterocycles. The van der Waals surface area contributed by atoms with E-state index in [1.54, 1.807) is 23.9 Å². The lowest BCUT2D eigenvalue weighted by Crippen LogP contribution is -2.07. The molecule has 0 saturated heterocycles. The molecule has 0 unspecified atom stereocenters. The molecule has 0 bridgehead atoms. The minimum atomic E-state index is -0.422. The molecule has 8 nitrogen and oxygen atoms in total. The molecule has 0 aliphatic rings. The van der Waals surface area contributed by atoms with Gasteiger partial charge in [0.1, 0.15) is 11.4 Å². The number of nitro benzene ring substituents is 1. The van der Waals surface area contributed by atoms with E-state index in [4.69, 9.17) is 4.74 Å². The van der Waals surface area contributed by atoms with Gasteiger partial charge in [0.05, 0.1) is 18.6 Å². The maximum atomic E-state index is 10.9. The maximum absolute atomic E-state index is 10.9. The van der Waals surface area contributed by atoms with Gasteiger partial charge in [0, 0.05) is 23.4 Å². The number of ether oxygens (including phenoxy) is 1. The fraction of sp³-hybridized carbons (Fsp3) is 0.0909. The first-order valence-electron chi connectivity index (χ1n) is 9.27. The second-order valence-electron chi connectivity index (χ2n) is 6.59. The van der Waals surface area contributed by atoms with Gasteiger partial charge in [-0.15, -0.1) is 5.10 Å². The van der Waals surface area contributed by atoms with Crippen LogP contribution in [0.5, 0.6) is 5.75 Å². The number of hydrogen-bond acceptors (Lipinski definition) is 6. The van der Waals surface area contributed by atoms with Crippen LogP contribution in [-0.2, 0) is 6.54 Å². The zero-order valence-corrected chi connectivity index (χ0v) is 16.2. The largest absolute Gasteiger partial charge is 0.497 e. The Hall–Kier alpha value is -4.20. The van der Waals surface area contributed by atoms with Crippen LogP contribution in [0.1, 0.15) is 5.56 Å². The lowest BCUT2D eigenvalue weighted by atomic mass is 10.1. The van der Waals surface area contributed by atoms with Crippen molar-refractivity contribution in [3.63, 3.8) is 0 Å². The molecule has 1 N–H and O–H groups in total.